The monoisotopic (exact) mass is 482 g/mol. The van der Waals surface area contributed by atoms with Crippen molar-refractivity contribution < 1.29 is 13.9 Å². The van der Waals surface area contributed by atoms with Crippen LogP contribution in [0.3, 0.4) is 0 Å². The number of hydrogen-bond donors (Lipinski definition) is 0. The molecule has 5 heteroatoms. The van der Waals surface area contributed by atoms with Crippen molar-refractivity contribution in [2.75, 3.05) is 0 Å². The molecule has 1 fully saturated rings. The van der Waals surface area contributed by atoms with Crippen LogP contribution in [0.4, 0.5) is 4.39 Å². The second kappa shape index (κ2) is 15.0. The predicted octanol–water partition coefficient (Wildman–Crippen LogP) is 8.48. The second-order valence-electron chi connectivity index (χ2n) is 10.2. The van der Waals surface area contributed by atoms with E-state index >= 15 is 0 Å². The van der Waals surface area contributed by atoms with Gasteiger partial charge in [0.25, 0.3) is 0 Å². The number of hydrogen-bond acceptors (Lipinski definition) is 4. The third-order valence-electron chi connectivity index (χ3n) is 7.33. The lowest BCUT2D eigenvalue weighted by atomic mass is 9.80. The summed E-state index contributed by atoms with van der Waals surface area (Å²) in [5.74, 6) is 0.670. The van der Waals surface area contributed by atoms with Crippen molar-refractivity contribution in [3.63, 3.8) is 0 Å². The van der Waals surface area contributed by atoms with Crippen LogP contribution in [0.2, 0.25) is 0 Å². The lowest BCUT2D eigenvalue weighted by Gasteiger charge is -2.27. The zero-order valence-corrected chi connectivity index (χ0v) is 21.7. The predicted molar refractivity (Wildman–Crippen MR) is 140 cm³/mol. The number of esters is 1. The van der Waals surface area contributed by atoms with E-state index in [0.717, 1.165) is 50.0 Å². The Morgan fingerprint density at radius 1 is 0.914 bits per heavy atom. The maximum Gasteiger partial charge on any atom is 0.314 e. The van der Waals surface area contributed by atoms with Crippen molar-refractivity contribution in [2.24, 2.45) is 11.8 Å². The highest BCUT2D eigenvalue weighted by Gasteiger charge is 2.27. The zero-order chi connectivity index (χ0) is 24.9. The van der Waals surface area contributed by atoms with Crippen LogP contribution in [0, 0.1) is 17.8 Å². The van der Waals surface area contributed by atoms with Crippen LogP contribution >= 0.6 is 0 Å². The normalized spacial score (nSPS) is 17.9. The van der Waals surface area contributed by atoms with Gasteiger partial charge >= 0.3 is 5.97 Å². The molecule has 1 aromatic heterocycles. The van der Waals surface area contributed by atoms with E-state index in [0.29, 0.717) is 23.6 Å². The minimum Gasteiger partial charge on any atom is -0.426 e. The van der Waals surface area contributed by atoms with Gasteiger partial charge in [-0.05, 0) is 68.7 Å². The number of nitrogens with zero attached hydrogens (tertiary/aromatic N) is 2. The first-order valence-corrected chi connectivity index (χ1v) is 13.9. The van der Waals surface area contributed by atoms with Crippen LogP contribution in [0.25, 0.3) is 11.3 Å². The average molecular weight is 483 g/mol. The largest absolute Gasteiger partial charge is 0.426 e. The van der Waals surface area contributed by atoms with Gasteiger partial charge in [0.15, 0.2) is 0 Å². The molecule has 1 aliphatic carbocycles. The average Bonchev–Trinajstić information content (AvgIpc) is 2.88. The van der Waals surface area contributed by atoms with E-state index in [4.69, 9.17) is 4.74 Å². The van der Waals surface area contributed by atoms with Crippen LogP contribution in [-0.2, 0) is 11.2 Å². The molecule has 0 saturated heterocycles. The number of aryl methyl sites for hydroxylation is 1. The highest BCUT2D eigenvalue weighted by molar-refractivity contribution is 5.75. The van der Waals surface area contributed by atoms with E-state index in [1.165, 1.54) is 51.4 Å². The number of benzene rings is 1. The van der Waals surface area contributed by atoms with E-state index in [1.807, 2.05) is 12.1 Å². The fourth-order valence-corrected chi connectivity index (χ4v) is 5.03. The molecule has 1 aliphatic rings. The molecular formula is C30H43FN2O2. The quantitative estimate of drug-likeness (QED) is 0.154. The Hall–Kier alpha value is -2.30. The van der Waals surface area contributed by atoms with Crippen molar-refractivity contribution in [3.05, 3.63) is 42.1 Å². The molecule has 0 amide bonds. The summed E-state index contributed by atoms with van der Waals surface area (Å²) in [5.41, 5.74) is 1.69. The smallest absolute Gasteiger partial charge is 0.314 e. The van der Waals surface area contributed by atoms with Crippen molar-refractivity contribution in [1.82, 2.24) is 9.97 Å². The summed E-state index contributed by atoms with van der Waals surface area (Å²) in [6, 6.07) is 7.13. The first-order chi connectivity index (χ1) is 17.1. The Balaban J connectivity index is 1.45. The molecule has 0 spiro atoms. The van der Waals surface area contributed by atoms with E-state index in [9.17, 15) is 9.18 Å². The number of halogens is 1. The van der Waals surface area contributed by atoms with Gasteiger partial charge in [-0.25, -0.2) is 4.98 Å². The first-order valence-electron chi connectivity index (χ1n) is 13.9. The van der Waals surface area contributed by atoms with Gasteiger partial charge in [-0.2, -0.15) is 4.39 Å². The van der Waals surface area contributed by atoms with Crippen LogP contribution in [0.1, 0.15) is 109 Å². The molecule has 0 bridgehead atoms. The van der Waals surface area contributed by atoms with Crippen LogP contribution < -0.4 is 4.74 Å². The lowest BCUT2D eigenvalue weighted by Crippen LogP contribution is -2.25. The van der Waals surface area contributed by atoms with Crippen molar-refractivity contribution in [2.45, 2.75) is 110 Å². The standard InChI is InChI=1S/C30H43FN2O2/c1-3-5-7-8-9-11-13-27-29(31)33-28(22-32-27)24-18-20-26(21-19-24)35-30(34)25-16-14-23(15-17-25)12-10-6-4-2/h18-23,25H,3-17H2,1-2H3. The number of aromatic nitrogens is 2. The van der Waals surface area contributed by atoms with Crippen molar-refractivity contribution >= 4 is 5.97 Å². The van der Waals surface area contributed by atoms with E-state index < -0.39 is 5.95 Å². The van der Waals surface area contributed by atoms with Gasteiger partial charge < -0.3 is 4.74 Å². The van der Waals surface area contributed by atoms with Gasteiger partial charge in [0.1, 0.15) is 5.75 Å². The van der Waals surface area contributed by atoms with Gasteiger partial charge in [-0.1, -0.05) is 71.6 Å². The van der Waals surface area contributed by atoms with Gasteiger partial charge in [0.2, 0.25) is 5.95 Å². The SMILES string of the molecule is CCCCCCCCc1ncc(-c2ccc(OC(=O)C3CCC(CCCCC)CC3)cc2)nc1F. The summed E-state index contributed by atoms with van der Waals surface area (Å²) >= 11 is 0. The Kier molecular flexibility index (Phi) is 11.7. The first kappa shape index (κ1) is 27.3. The molecule has 0 unspecified atom stereocenters. The maximum absolute atomic E-state index is 14.5. The molecule has 0 radical (unpaired) electrons. The number of rotatable bonds is 14. The fourth-order valence-electron chi connectivity index (χ4n) is 5.03. The number of ether oxygens (including phenoxy) is 1. The summed E-state index contributed by atoms with van der Waals surface area (Å²) in [4.78, 5) is 21.1. The summed E-state index contributed by atoms with van der Waals surface area (Å²) in [7, 11) is 0. The van der Waals surface area contributed by atoms with Crippen LogP contribution in [-0.4, -0.2) is 15.9 Å². The number of carbonyl (C=O) groups excluding carboxylic acids is 1. The number of unbranched alkanes of at least 4 members (excludes halogenated alkanes) is 7. The summed E-state index contributed by atoms with van der Waals surface area (Å²) in [6.07, 6.45) is 18.5. The van der Waals surface area contributed by atoms with Gasteiger partial charge in [0, 0.05) is 5.56 Å². The molecule has 2 aromatic rings. The highest BCUT2D eigenvalue weighted by Crippen LogP contribution is 2.33. The molecule has 0 N–H and O–H groups in total. The molecule has 4 nitrogen and oxygen atoms in total. The van der Waals surface area contributed by atoms with Gasteiger partial charge in [-0.15, -0.1) is 0 Å². The van der Waals surface area contributed by atoms with Crippen molar-refractivity contribution in [1.29, 1.82) is 0 Å². The Labute approximate surface area is 211 Å². The van der Waals surface area contributed by atoms with E-state index in [2.05, 4.69) is 23.8 Å². The molecule has 1 aromatic carbocycles. The highest BCUT2D eigenvalue weighted by atomic mass is 19.1. The Bertz CT molecular complexity index is 892. The third-order valence-corrected chi connectivity index (χ3v) is 7.33. The minimum absolute atomic E-state index is 0.00347. The summed E-state index contributed by atoms with van der Waals surface area (Å²) < 4.78 is 20.1. The minimum atomic E-state index is -0.489. The molecule has 35 heavy (non-hydrogen) atoms. The zero-order valence-electron chi connectivity index (χ0n) is 21.7. The molecule has 1 heterocycles. The van der Waals surface area contributed by atoms with Gasteiger partial charge in [-0.3, -0.25) is 9.78 Å². The molecule has 192 valence electrons. The van der Waals surface area contributed by atoms with Gasteiger partial charge in [0.05, 0.1) is 23.5 Å². The third kappa shape index (κ3) is 9.01. The molecule has 3 rings (SSSR count). The van der Waals surface area contributed by atoms with Crippen molar-refractivity contribution in [3.8, 4) is 17.0 Å². The molecular weight excluding hydrogens is 439 g/mol. The topological polar surface area (TPSA) is 52.1 Å². The van der Waals surface area contributed by atoms with Crippen LogP contribution in [0.5, 0.6) is 5.75 Å². The lowest BCUT2D eigenvalue weighted by molar-refractivity contribution is -0.140. The summed E-state index contributed by atoms with van der Waals surface area (Å²) in [5, 5.41) is 0. The van der Waals surface area contributed by atoms with Crippen LogP contribution in [0.15, 0.2) is 30.5 Å². The fraction of sp³-hybridized carbons (Fsp3) is 0.633. The molecule has 0 aliphatic heterocycles. The maximum atomic E-state index is 14.5. The second-order valence-corrected chi connectivity index (χ2v) is 10.2. The summed E-state index contributed by atoms with van der Waals surface area (Å²) in [6.45, 7) is 4.44. The Morgan fingerprint density at radius 3 is 2.26 bits per heavy atom. The molecule has 1 saturated carbocycles. The number of carbonyl (C=O) groups is 1. The Morgan fingerprint density at radius 2 is 1.57 bits per heavy atom. The van der Waals surface area contributed by atoms with E-state index in [-0.39, 0.29) is 11.9 Å². The molecule has 0 atom stereocenters. The van der Waals surface area contributed by atoms with E-state index in [1.54, 1.807) is 18.3 Å².